The topological polar surface area (TPSA) is 166 Å². The fourth-order valence-electron chi connectivity index (χ4n) is 1.95. The minimum atomic E-state index is -1.40. The third-order valence-corrected chi connectivity index (χ3v) is 3.36. The average molecular weight is 324 g/mol. The number of unbranched alkanes of at least 4 members (excludes halogenated alkanes) is 1. The largest absolute Gasteiger partial charge is 0.480 e. The molecular formula is C13H28N2O7. The van der Waals surface area contributed by atoms with Gasteiger partial charge in [0.25, 0.3) is 0 Å². The molecule has 8 N–H and O–H groups in total. The van der Waals surface area contributed by atoms with E-state index in [1.807, 2.05) is 0 Å². The van der Waals surface area contributed by atoms with Crippen LogP contribution in [0.15, 0.2) is 0 Å². The number of nitrogens with two attached hydrogens (primary N) is 1. The molecule has 0 aliphatic heterocycles. The summed E-state index contributed by atoms with van der Waals surface area (Å²) >= 11 is 0. The summed E-state index contributed by atoms with van der Waals surface area (Å²) in [5.74, 6) is -1.03. The molecule has 0 aromatic carbocycles. The monoisotopic (exact) mass is 324 g/mol. The van der Waals surface area contributed by atoms with E-state index >= 15 is 0 Å². The Morgan fingerprint density at radius 1 is 1.23 bits per heavy atom. The number of aliphatic carboxylic acids is 1. The predicted octanol–water partition coefficient (Wildman–Crippen LogP) is -2.75. The quantitative estimate of drug-likeness (QED) is 0.178. The summed E-state index contributed by atoms with van der Waals surface area (Å²) in [6.07, 6.45) is -3.19. The maximum Gasteiger partial charge on any atom is 0.320 e. The first-order valence-electron chi connectivity index (χ1n) is 7.22. The van der Waals surface area contributed by atoms with Gasteiger partial charge in [-0.1, -0.05) is 6.42 Å². The second kappa shape index (κ2) is 11.7. The van der Waals surface area contributed by atoms with Gasteiger partial charge in [-0.25, -0.2) is 0 Å². The van der Waals surface area contributed by atoms with Crippen LogP contribution < -0.4 is 11.1 Å². The number of nitrogens with one attached hydrogen (secondary N) is 1. The van der Waals surface area contributed by atoms with Crippen LogP contribution in [0.3, 0.4) is 0 Å². The second-order valence-electron chi connectivity index (χ2n) is 5.15. The molecule has 9 heteroatoms. The molecule has 0 saturated carbocycles. The molecule has 5 atom stereocenters. The fourth-order valence-corrected chi connectivity index (χ4v) is 1.95. The number of rotatable bonds is 13. The Morgan fingerprint density at radius 2 is 1.86 bits per heavy atom. The number of hydrogen-bond acceptors (Lipinski definition) is 8. The lowest BCUT2D eigenvalue weighted by Gasteiger charge is -2.28. The van der Waals surface area contributed by atoms with E-state index in [0.29, 0.717) is 25.8 Å². The average Bonchev–Trinajstić information content (AvgIpc) is 2.49. The number of carboxylic acid groups (broad SMARTS) is 1. The van der Waals surface area contributed by atoms with Crippen molar-refractivity contribution in [2.75, 3.05) is 26.8 Å². The summed E-state index contributed by atoms with van der Waals surface area (Å²) < 4.78 is 4.94. The van der Waals surface area contributed by atoms with E-state index in [4.69, 9.17) is 20.7 Å². The number of methoxy groups -OCH3 is 1. The fraction of sp³-hybridized carbons (Fsp3) is 0.923. The van der Waals surface area contributed by atoms with Crippen molar-refractivity contribution in [1.82, 2.24) is 5.32 Å². The third-order valence-electron chi connectivity index (χ3n) is 3.36. The summed E-state index contributed by atoms with van der Waals surface area (Å²) in [4.78, 5) is 10.5. The Balaban J connectivity index is 3.91. The Hall–Kier alpha value is -0.810. The van der Waals surface area contributed by atoms with Crippen molar-refractivity contribution in [3.8, 4) is 0 Å². The molecule has 0 aromatic heterocycles. The number of carboxylic acids is 1. The maximum atomic E-state index is 10.5. The van der Waals surface area contributed by atoms with E-state index in [0.717, 1.165) is 0 Å². The van der Waals surface area contributed by atoms with E-state index in [-0.39, 0.29) is 6.54 Å². The van der Waals surface area contributed by atoms with Gasteiger partial charge < -0.3 is 41.3 Å². The van der Waals surface area contributed by atoms with Crippen LogP contribution in [0, 0.1) is 0 Å². The van der Waals surface area contributed by atoms with Crippen molar-refractivity contribution >= 4 is 5.97 Å². The molecule has 0 aliphatic rings. The lowest BCUT2D eigenvalue weighted by molar-refractivity contribution is -0.138. The maximum absolute atomic E-state index is 10.5. The van der Waals surface area contributed by atoms with Gasteiger partial charge in [0.05, 0.1) is 12.7 Å². The van der Waals surface area contributed by atoms with E-state index in [1.165, 1.54) is 7.11 Å². The molecule has 0 spiro atoms. The first-order valence-corrected chi connectivity index (χ1v) is 7.22. The Kier molecular flexibility index (Phi) is 11.3. The van der Waals surface area contributed by atoms with Crippen LogP contribution in [-0.2, 0) is 9.53 Å². The van der Waals surface area contributed by atoms with Crippen molar-refractivity contribution < 1.29 is 35.1 Å². The smallest absolute Gasteiger partial charge is 0.320 e. The minimum absolute atomic E-state index is 0.124. The highest BCUT2D eigenvalue weighted by Gasteiger charge is 2.31. The normalized spacial score (nSPS) is 18.5. The van der Waals surface area contributed by atoms with Crippen molar-refractivity contribution in [3.63, 3.8) is 0 Å². The van der Waals surface area contributed by atoms with Crippen molar-refractivity contribution in [1.29, 1.82) is 0 Å². The molecule has 0 heterocycles. The predicted molar refractivity (Wildman–Crippen MR) is 78.2 cm³/mol. The Morgan fingerprint density at radius 3 is 2.36 bits per heavy atom. The molecule has 0 fully saturated rings. The standard InChI is InChI=1S/C13H28N2O7/c1-22-12(11(19)10(18)7-16)9(17)6-15-5-3-2-4-8(14)13(20)21/h8-12,15-19H,2-7,14H2,1H3,(H,20,21)/t8-,9-,10+,11+,12+/m0/s1. The summed E-state index contributed by atoms with van der Waals surface area (Å²) in [5, 5.41) is 49.3. The van der Waals surface area contributed by atoms with Gasteiger partial charge in [0.1, 0.15) is 24.4 Å². The molecule has 0 bridgehead atoms. The first kappa shape index (κ1) is 21.2. The van der Waals surface area contributed by atoms with Gasteiger partial charge in [0.2, 0.25) is 0 Å². The van der Waals surface area contributed by atoms with Crippen LogP contribution in [-0.4, -0.2) is 88.8 Å². The van der Waals surface area contributed by atoms with Crippen LogP contribution in [0.25, 0.3) is 0 Å². The lowest BCUT2D eigenvalue weighted by Crippen LogP contribution is -2.50. The molecule has 0 unspecified atom stereocenters. The zero-order valence-electron chi connectivity index (χ0n) is 12.8. The van der Waals surface area contributed by atoms with E-state index in [9.17, 15) is 20.1 Å². The van der Waals surface area contributed by atoms with Crippen molar-refractivity contribution in [2.24, 2.45) is 5.73 Å². The number of carbonyl (C=O) groups is 1. The molecule has 0 rings (SSSR count). The molecule has 0 radical (unpaired) electrons. The molecule has 22 heavy (non-hydrogen) atoms. The summed E-state index contributed by atoms with van der Waals surface area (Å²) in [6.45, 7) is 0.0299. The first-order chi connectivity index (χ1) is 10.3. The molecule has 9 nitrogen and oxygen atoms in total. The summed E-state index contributed by atoms with van der Waals surface area (Å²) in [7, 11) is 1.29. The van der Waals surface area contributed by atoms with E-state index < -0.39 is 43.0 Å². The second-order valence-corrected chi connectivity index (χ2v) is 5.15. The van der Waals surface area contributed by atoms with Crippen LogP contribution >= 0.6 is 0 Å². The molecule has 0 aliphatic carbocycles. The van der Waals surface area contributed by atoms with E-state index in [1.54, 1.807) is 0 Å². The number of hydrogen-bond donors (Lipinski definition) is 7. The molecule has 0 aromatic rings. The summed E-state index contributed by atoms with van der Waals surface area (Å²) in [6, 6.07) is -0.862. The highest BCUT2D eigenvalue weighted by Crippen LogP contribution is 2.08. The molecular weight excluding hydrogens is 296 g/mol. The number of ether oxygens (including phenoxy) is 1. The lowest BCUT2D eigenvalue weighted by atomic mass is 10.0. The minimum Gasteiger partial charge on any atom is -0.480 e. The van der Waals surface area contributed by atoms with Crippen LogP contribution in [0.5, 0.6) is 0 Å². The van der Waals surface area contributed by atoms with Gasteiger partial charge in [-0.3, -0.25) is 4.79 Å². The highest BCUT2D eigenvalue weighted by molar-refractivity contribution is 5.72. The van der Waals surface area contributed by atoms with Gasteiger partial charge in [-0.15, -0.1) is 0 Å². The molecule has 0 amide bonds. The Labute approximate surface area is 129 Å². The SMILES string of the molecule is CO[C@@H]([C@H](O)[C@H](O)CO)[C@@H](O)CNCCCC[C@H](N)C(=O)O. The van der Waals surface area contributed by atoms with Crippen LogP contribution in [0.2, 0.25) is 0 Å². The third kappa shape index (κ3) is 7.99. The number of aliphatic hydroxyl groups is 4. The molecule has 0 saturated heterocycles. The zero-order chi connectivity index (χ0) is 17.1. The van der Waals surface area contributed by atoms with Crippen LogP contribution in [0.4, 0.5) is 0 Å². The van der Waals surface area contributed by atoms with Gasteiger partial charge in [-0.2, -0.15) is 0 Å². The summed E-state index contributed by atoms with van der Waals surface area (Å²) in [5.41, 5.74) is 5.36. The van der Waals surface area contributed by atoms with Crippen molar-refractivity contribution in [2.45, 2.75) is 49.7 Å². The van der Waals surface area contributed by atoms with Gasteiger partial charge in [0, 0.05) is 13.7 Å². The van der Waals surface area contributed by atoms with Crippen LogP contribution in [0.1, 0.15) is 19.3 Å². The number of aliphatic hydroxyl groups excluding tert-OH is 4. The molecule has 132 valence electrons. The van der Waals surface area contributed by atoms with Gasteiger partial charge in [0.15, 0.2) is 0 Å². The van der Waals surface area contributed by atoms with Gasteiger partial charge >= 0.3 is 5.97 Å². The highest BCUT2D eigenvalue weighted by atomic mass is 16.5. The zero-order valence-corrected chi connectivity index (χ0v) is 12.8. The van der Waals surface area contributed by atoms with Crippen molar-refractivity contribution in [3.05, 3.63) is 0 Å². The van der Waals surface area contributed by atoms with Gasteiger partial charge in [-0.05, 0) is 19.4 Å². The van der Waals surface area contributed by atoms with E-state index in [2.05, 4.69) is 5.32 Å². The Bertz CT molecular complexity index is 306.